The summed E-state index contributed by atoms with van der Waals surface area (Å²) in [7, 11) is 0. The fraction of sp³-hybridized carbons (Fsp3) is 0.143. The molecule has 1 nitrogen and oxygen atoms in total. The van der Waals surface area contributed by atoms with Gasteiger partial charge in [0.15, 0.2) is 17.5 Å². The third kappa shape index (κ3) is 3.18. The van der Waals surface area contributed by atoms with Crippen molar-refractivity contribution in [3.05, 3.63) is 70.5 Å². The van der Waals surface area contributed by atoms with Crippen molar-refractivity contribution in [1.82, 2.24) is 0 Å². The van der Waals surface area contributed by atoms with Crippen molar-refractivity contribution >= 4 is 0 Å². The Labute approximate surface area is 116 Å². The van der Waals surface area contributed by atoms with Crippen molar-refractivity contribution in [2.24, 2.45) is 5.73 Å². The third-order valence-corrected chi connectivity index (χ3v) is 2.96. The minimum absolute atomic E-state index is 0.0776. The van der Waals surface area contributed by atoms with Crippen LogP contribution in [0.3, 0.4) is 0 Å². The molecule has 0 amide bonds. The number of halogens is 6. The van der Waals surface area contributed by atoms with Gasteiger partial charge in [0.25, 0.3) is 0 Å². The van der Waals surface area contributed by atoms with Gasteiger partial charge in [0.1, 0.15) is 0 Å². The molecule has 0 aliphatic carbocycles. The SMILES string of the molecule is NC(c1ccc(C(F)(F)F)cc1)c1cc(F)c(F)c(F)c1. The lowest BCUT2D eigenvalue weighted by Gasteiger charge is -2.14. The Morgan fingerprint density at radius 3 is 1.71 bits per heavy atom. The predicted molar refractivity (Wildman–Crippen MR) is 63.8 cm³/mol. The van der Waals surface area contributed by atoms with Crippen LogP contribution >= 0.6 is 0 Å². The maximum atomic E-state index is 13.1. The standard InChI is InChI=1S/C14H9F6N/c15-10-5-8(6-11(16)12(10)17)13(21)7-1-3-9(4-2-7)14(18,19)20/h1-6,13H,21H2. The highest BCUT2D eigenvalue weighted by molar-refractivity contribution is 5.34. The highest BCUT2D eigenvalue weighted by Gasteiger charge is 2.30. The summed E-state index contributed by atoms with van der Waals surface area (Å²) in [5, 5.41) is 0. The Morgan fingerprint density at radius 2 is 1.29 bits per heavy atom. The molecule has 1 unspecified atom stereocenters. The molecular weight excluding hydrogens is 296 g/mol. The first-order valence-electron chi connectivity index (χ1n) is 5.77. The Bertz CT molecular complexity index is 624. The van der Waals surface area contributed by atoms with Gasteiger partial charge in [-0.1, -0.05) is 12.1 Å². The van der Waals surface area contributed by atoms with E-state index >= 15 is 0 Å². The fourth-order valence-electron chi connectivity index (χ4n) is 1.83. The third-order valence-electron chi connectivity index (χ3n) is 2.96. The summed E-state index contributed by atoms with van der Waals surface area (Å²) in [6.07, 6.45) is -4.49. The van der Waals surface area contributed by atoms with Crippen LogP contribution in [-0.2, 0) is 6.18 Å². The van der Waals surface area contributed by atoms with Gasteiger partial charge in [0.05, 0.1) is 11.6 Å². The van der Waals surface area contributed by atoms with Gasteiger partial charge in [-0.15, -0.1) is 0 Å². The fourth-order valence-corrected chi connectivity index (χ4v) is 1.83. The first-order chi connectivity index (χ1) is 9.70. The Hall–Kier alpha value is -2.02. The molecule has 0 fully saturated rings. The van der Waals surface area contributed by atoms with E-state index in [1.807, 2.05) is 0 Å². The molecular formula is C14H9F6N. The van der Waals surface area contributed by atoms with Crippen molar-refractivity contribution < 1.29 is 26.3 Å². The average molecular weight is 305 g/mol. The topological polar surface area (TPSA) is 26.0 Å². The van der Waals surface area contributed by atoms with Gasteiger partial charge >= 0.3 is 6.18 Å². The molecule has 0 radical (unpaired) electrons. The first kappa shape index (κ1) is 15.4. The van der Waals surface area contributed by atoms with Crippen molar-refractivity contribution in [2.45, 2.75) is 12.2 Å². The van der Waals surface area contributed by atoms with Crippen molar-refractivity contribution in [1.29, 1.82) is 0 Å². The minimum Gasteiger partial charge on any atom is -0.320 e. The second-order valence-electron chi connectivity index (χ2n) is 4.40. The van der Waals surface area contributed by atoms with Gasteiger partial charge in [0, 0.05) is 0 Å². The van der Waals surface area contributed by atoms with Crippen molar-refractivity contribution in [2.75, 3.05) is 0 Å². The van der Waals surface area contributed by atoms with Crippen LogP contribution in [0, 0.1) is 17.5 Å². The molecule has 0 aromatic heterocycles. The summed E-state index contributed by atoms with van der Waals surface area (Å²) < 4.78 is 76.3. The van der Waals surface area contributed by atoms with E-state index in [1.165, 1.54) is 0 Å². The van der Waals surface area contributed by atoms with Gasteiger partial charge in [-0.05, 0) is 35.4 Å². The van der Waals surface area contributed by atoms with Crippen LogP contribution in [0.5, 0.6) is 0 Å². The van der Waals surface area contributed by atoms with E-state index < -0.39 is 35.2 Å². The largest absolute Gasteiger partial charge is 0.416 e. The normalized spacial score (nSPS) is 13.3. The number of benzene rings is 2. The summed E-state index contributed by atoms with van der Waals surface area (Å²) in [5.74, 6) is -4.45. The van der Waals surface area contributed by atoms with Crippen LogP contribution in [0.2, 0.25) is 0 Å². The lowest BCUT2D eigenvalue weighted by molar-refractivity contribution is -0.137. The van der Waals surface area contributed by atoms with Crippen LogP contribution in [-0.4, -0.2) is 0 Å². The summed E-state index contributed by atoms with van der Waals surface area (Å²) in [6.45, 7) is 0. The number of hydrogen-bond acceptors (Lipinski definition) is 1. The molecule has 2 N–H and O–H groups in total. The zero-order chi connectivity index (χ0) is 15.8. The lowest BCUT2D eigenvalue weighted by atomic mass is 9.98. The van der Waals surface area contributed by atoms with Gasteiger partial charge in [-0.3, -0.25) is 0 Å². The molecule has 0 saturated carbocycles. The van der Waals surface area contributed by atoms with E-state index in [9.17, 15) is 26.3 Å². The lowest BCUT2D eigenvalue weighted by Crippen LogP contribution is -2.14. The maximum absolute atomic E-state index is 13.1. The first-order valence-corrected chi connectivity index (χ1v) is 5.77. The van der Waals surface area contributed by atoms with E-state index in [0.29, 0.717) is 12.1 Å². The number of hydrogen-bond donors (Lipinski definition) is 1. The van der Waals surface area contributed by atoms with Crippen LogP contribution < -0.4 is 5.73 Å². The molecule has 2 aromatic carbocycles. The predicted octanol–water partition coefficient (Wildman–Crippen LogP) is 4.17. The van der Waals surface area contributed by atoms with E-state index in [4.69, 9.17) is 5.73 Å². The molecule has 0 aliphatic heterocycles. The second kappa shape index (κ2) is 5.40. The summed E-state index contributed by atoms with van der Waals surface area (Å²) in [4.78, 5) is 0. The van der Waals surface area contributed by atoms with E-state index in [2.05, 4.69) is 0 Å². The van der Waals surface area contributed by atoms with E-state index in [1.54, 1.807) is 0 Å². The van der Waals surface area contributed by atoms with Crippen LogP contribution in [0.1, 0.15) is 22.7 Å². The average Bonchev–Trinajstić information content (AvgIpc) is 2.42. The Morgan fingerprint density at radius 1 is 0.810 bits per heavy atom. The molecule has 2 aromatic rings. The molecule has 1 atom stereocenters. The monoisotopic (exact) mass is 305 g/mol. The Balaban J connectivity index is 2.34. The van der Waals surface area contributed by atoms with Crippen LogP contribution in [0.25, 0.3) is 0 Å². The summed E-state index contributed by atoms with van der Waals surface area (Å²) >= 11 is 0. The highest BCUT2D eigenvalue weighted by Crippen LogP contribution is 2.31. The molecule has 0 bridgehead atoms. The molecule has 0 aliphatic rings. The molecule has 0 spiro atoms. The molecule has 0 heterocycles. The maximum Gasteiger partial charge on any atom is 0.416 e. The Kier molecular flexibility index (Phi) is 3.95. The quantitative estimate of drug-likeness (QED) is 0.654. The van der Waals surface area contributed by atoms with Gasteiger partial charge in [-0.2, -0.15) is 13.2 Å². The molecule has 112 valence electrons. The van der Waals surface area contributed by atoms with Gasteiger partial charge < -0.3 is 5.73 Å². The summed E-state index contributed by atoms with van der Waals surface area (Å²) in [6, 6.07) is 4.18. The van der Waals surface area contributed by atoms with E-state index in [-0.39, 0.29) is 11.1 Å². The van der Waals surface area contributed by atoms with E-state index in [0.717, 1.165) is 24.3 Å². The number of rotatable bonds is 2. The van der Waals surface area contributed by atoms with Crippen molar-refractivity contribution in [3.63, 3.8) is 0 Å². The highest BCUT2D eigenvalue weighted by atomic mass is 19.4. The molecule has 21 heavy (non-hydrogen) atoms. The van der Waals surface area contributed by atoms with Crippen molar-refractivity contribution in [3.8, 4) is 0 Å². The molecule has 0 saturated heterocycles. The second-order valence-corrected chi connectivity index (χ2v) is 4.40. The van der Waals surface area contributed by atoms with Crippen LogP contribution in [0.15, 0.2) is 36.4 Å². The number of nitrogens with two attached hydrogens (primary N) is 1. The van der Waals surface area contributed by atoms with Gasteiger partial charge in [0.2, 0.25) is 0 Å². The van der Waals surface area contributed by atoms with Gasteiger partial charge in [-0.25, -0.2) is 13.2 Å². The smallest absolute Gasteiger partial charge is 0.320 e. The molecule has 2 rings (SSSR count). The number of alkyl halides is 3. The van der Waals surface area contributed by atoms with Crippen LogP contribution in [0.4, 0.5) is 26.3 Å². The zero-order valence-corrected chi connectivity index (χ0v) is 10.4. The summed E-state index contributed by atoms with van der Waals surface area (Å²) in [5.41, 5.74) is 5.00. The zero-order valence-electron chi connectivity index (χ0n) is 10.4. The minimum atomic E-state index is -4.49. The molecule has 7 heteroatoms.